The average molecular weight is 448 g/mol. The predicted octanol–water partition coefficient (Wildman–Crippen LogP) is 3.65. The number of esters is 1. The smallest absolute Gasteiger partial charge is 0.327 e. The molecule has 1 aliphatic rings. The van der Waals surface area contributed by atoms with Gasteiger partial charge in [-0.25, -0.2) is 9.18 Å². The Hall–Kier alpha value is -2.48. The Kier molecular flexibility index (Phi) is 7.64. The molecule has 0 saturated carbocycles. The molecule has 0 aliphatic carbocycles. The van der Waals surface area contributed by atoms with E-state index in [9.17, 15) is 14.0 Å². The molecule has 2 unspecified atom stereocenters. The van der Waals surface area contributed by atoms with Gasteiger partial charge in [0.2, 0.25) is 5.91 Å². The van der Waals surface area contributed by atoms with Crippen molar-refractivity contribution in [2.24, 2.45) is 0 Å². The number of hydrogen-bond donors (Lipinski definition) is 1. The van der Waals surface area contributed by atoms with Crippen LogP contribution in [0.2, 0.25) is 5.02 Å². The van der Waals surface area contributed by atoms with E-state index in [1.54, 1.807) is 12.1 Å². The molecule has 1 N–H and O–H groups in total. The number of piperazine rings is 1. The molecule has 2 atom stereocenters. The van der Waals surface area contributed by atoms with Crippen molar-refractivity contribution in [1.29, 1.82) is 0 Å². The molecule has 2 aromatic carbocycles. The molecule has 166 valence electrons. The van der Waals surface area contributed by atoms with Gasteiger partial charge in [-0.15, -0.1) is 0 Å². The van der Waals surface area contributed by atoms with Crippen LogP contribution in [0.5, 0.6) is 0 Å². The summed E-state index contributed by atoms with van der Waals surface area (Å²) in [6, 6.07) is 10.6. The molecule has 1 aliphatic heterocycles. The number of halogens is 2. The second-order valence-electron chi connectivity index (χ2n) is 7.64. The first kappa shape index (κ1) is 23.2. The Labute approximate surface area is 186 Å². The zero-order valence-electron chi connectivity index (χ0n) is 17.9. The summed E-state index contributed by atoms with van der Waals surface area (Å²) in [5.74, 6) is -0.956. The van der Waals surface area contributed by atoms with Gasteiger partial charge in [0.25, 0.3) is 0 Å². The standard InChI is InChI=1S/C23H27ClFN3O3/c1-15-8-9-17(25)14-20(15)26-22(29)16(2)27-10-12-28(13-11-27)21(23(30)31-3)18-6-4-5-7-19(18)24/h4-9,14,16,21H,10-13H2,1-3H3,(H,26,29). The van der Waals surface area contributed by atoms with Gasteiger partial charge < -0.3 is 10.1 Å². The number of amides is 1. The number of methoxy groups -OCH3 is 1. The number of ether oxygens (including phenoxy) is 1. The summed E-state index contributed by atoms with van der Waals surface area (Å²) in [4.78, 5) is 29.3. The Morgan fingerprint density at radius 1 is 1.10 bits per heavy atom. The van der Waals surface area contributed by atoms with E-state index in [4.69, 9.17) is 16.3 Å². The normalized spacial score (nSPS) is 17.1. The van der Waals surface area contributed by atoms with Crippen LogP contribution >= 0.6 is 11.6 Å². The van der Waals surface area contributed by atoms with Gasteiger partial charge in [0, 0.05) is 36.9 Å². The van der Waals surface area contributed by atoms with Crippen molar-refractivity contribution in [3.63, 3.8) is 0 Å². The number of hydrogen-bond acceptors (Lipinski definition) is 5. The highest BCUT2D eigenvalue weighted by Gasteiger charge is 2.34. The van der Waals surface area contributed by atoms with Crippen molar-refractivity contribution in [3.05, 3.63) is 64.4 Å². The first-order valence-corrected chi connectivity index (χ1v) is 10.6. The van der Waals surface area contributed by atoms with E-state index in [0.717, 1.165) is 5.56 Å². The van der Waals surface area contributed by atoms with Gasteiger partial charge in [-0.3, -0.25) is 14.6 Å². The molecule has 1 saturated heterocycles. The number of benzene rings is 2. The number of aryl methyl sites for hydroxylation is 1. The zero-order chi connectivity index (χ0) is 22.5. The van der Waals surface area contributed by atoms with Crippen LogP contribution in [-0.4, -0.2) is 61.0 Å². The molecule has 8 heteroatoms. The molecular formula is C23H27ClFN3O3. The van der Waals surface area contributed by atoms with Crippen molar-refractivity contribution < 1.29 is 18.7 Å². The summed E-state index contributed by atoms with van der Waals surface area (Å²) in [5, 5.41) is 3.33. The fourth-order valence-electron chi connectivity index (χ4n) is 3.80. The molecule has 6 nitrogen and oxygen atoms in total. The highest BCUT2D eigenvalue weighted by Crippen LogP contribution is 2.29. The SMILES string of the molecule is COC(=O)C(c1ccccc1Cl)N1CCN(C(C)C(=O)Nc2cc(F)ccc2C)CC1. The average Bonchev–Trinajstić information content (AvgIpc) is 2.77. The number of nitrogens with one attached hydrogen (secondary N) is 1. The maximum Gasteiger partial charge on any atom is 0.327 e. The van der Waals surface area contributed by atoms with Crippen molar-refractivity contribution in [2.45, 2.75) is 25.9 Å². The lowest BCUT2D eigenvalue weighted by Gasteiger charge is -2.40. The monoisotopic (exact) mass is 447 g/mol. The Morgan fingerprint density at radius 3 is 2.39 bits per heavy atom. The second-order valence-corrected chi connectivity index (χ2v) is 8.05. The number of carbonyl (C=O) groups is 2. The Morgan fingerprint density at radius 2 is 1.74 bits per heavy atom. The predicted molar refractivity (Wildman–Crippen MR) is 119 cm³/mol. The largest absolute Gasteiger partial charge is 0.468 e. The molecule has 31 heavy (non-hydrogen) atoms. The first-order chi connectivity index (χ1) is 14.8. The van der Waals surface area contributed by atoms with E-state index in [2.05, 4.69) is 5.32 Å². The van der Waals surface area contributed by atoms with E-state index in [0.29, 0.717) is 42.5 Å². The molecular weight excluding hydrogens is 421 g/mol. The summed E-state index contributed by atoms with van der Waals surface area (Å²) in [5.41, 5.74) is 1.98. The topological polar surface area (TPSA) is 61.9 Å². The summed E-state index contributed by atoms with van der Waals surface area (Å²) in [6.07, 6.45) is 0. The van der Waals surface area contributed by atoms with Crippen LogP contribution in [0.1, 0.15) is 24.1 Å². The number of rotatable bonds is 6. The van der Waals surface area contributed by atoms with Gasteiger partial charge >= 0.3 is 5.97 Å². The maximum atomic E-state index is 13.5. The quantitative estimate of drug-likeness (QED) is 0.685. The highest BCUT2D eigenvalue weighted by atomic mass is 35.5. The minimum atomic E-state index is -0.597. The number of carbonyl (C=O) groups excluding carboxylic acids is 2. The van der Waals surface area contributed by atoms with E-state index in [1.807, 2.05) is 41.8 Å². The lowest BCUT2D eigenvalue weighted by Crippen LogP contribution is -2.54. The van der Waals surface area contributed by atoms with Crippen LogP contribution < -0.4 is 5.32 Å². The van der Waals surface area contributed by atoms with Gasteiger partial charge in [0.05, 0.1) is 13.2 Å². The van der Waals surface area contributed by atoms with Crippen molar-refractivity contribution in [1.82, 2.24) is 9.80 Å². The third kappa shape index (κ3) is 5.42. The molecule has 1 heterocycles. The first-order valence-electron chi connectivity index (χ1n) is 10.2. The van der Waals surface area contributed by atoms with E-state index < -0.39 is 17.9 Å². The summed E-state index contributed by atoms with van der Waals surface area (Å²) < 4.78 is 18.5. The molecule has 1 amide bonds. The minimum absolute atomic E-state index is 0.197. The summed E-state index contributed by atoms with van der Waals surface area (Å²) >= 11 is 6.34. The Bertz CT molecular complexity index is 947. The van der Waals surface area contributed by atoms with Crippen molar-refractivity contribution in [3.8, 4) is 0 Å². The molecule has 2 aromatic rings. The van der Waals surface area contributed by atoms with Crippen LogP contribution in [0.3, 0.4) is 0 Å². The van der Waals surface area contributed by atoms with E-state index in [-0.39, 0.29) is 11.9 Å². The highest BCUT2D eigenvalue weighted by molar-refractivity contribution is 6.31. The van der Waals surface area contributed by atoms with E-state index >= 15 is 0 Å². The fourth-order valence-corrected chi connectivity index (χ4v) is 4.04. The lowest BCUT2D eigenvalue weighted by atomic mass is 10.0. The third-order valence-electron chi connectivity index (χ3n) is 5.72. The maximum absolute atomic E-state index is 13.5. The summed E-state index contributed by atoms with van der Waals surface area (Å²) in [7, 11) is 1.36. The number of anilines is 1. The van der Waals surface area contributed by atoms with Crippen molar-refractivity contribution in [2.75, 3.05) is 38.6 Å². The second kappa shape index (κ2) is 10.2. The molecule has 0 bridgehead atoms. The van der Waals surface area contributed by atoms with Gasteiger partial charge in [-0.1, -0.05) is 35.9 Å². The molecule has 0 spiro atoms. The third-order valence-corrected chi connectivity index (χ3v) is 6.07. The van der Waals surface area contributed by atoms with Crippen LogP contribution in [0.4, 0.5) is 10.1 Å². The Balaban J connectivity index is 1.66. The van der Waals surface area contributed by atoms with Crippen LogP contribution in [0, 0.1) is 12.7 Å². The lowest BCUT2D eigenvalue weighted by molar-refractivity contribution is -0.148. The van der Waals surface area contributed by atoms with Gasteiger partial charge in [0.1, 0.15) is 11.9 Å². The molecule has 0 aromatic heterocycles. The van der Waals surface area contributed by atoms with Crippen molar-refractivity contribution >= 4 is 29.2 Å². The minimum Gasteiger partial charge on any atom is -0.468 e. The molecule has 3 rings (SSSR count). The van der Waals surface area contributed by atoms with Gasteiger partial charge in [0.15, 0.2) is 0 Å². The van der Waals surface area contributed by atoms with Crippen LogP contribution in [0.25, 0.3) is 0 Å². The van der Waals surface area contributed by atoms with Gasteiger partial charge in [-0.05, 0) is 43.2 Å². The van der Waals surface area contributed by atoms with Crippen LogP contribution in [0.15, 0.2) is 42.5 Å². The fraction of sp³-hybridized carbons (Fsp3) is 0.391. The van der Waals surface area contributed by atoms with Crippen LogP contribution in [-0.2, 0) is 14.3 Å². The van der Waals surface area contributed by atoms with E-state index in [1.165, 1.54) is 19.2 Å². The molecule has 0 radical (unpaired) electrons. The summed E-state index contributed by atoms with van der Waals surface area (Å²) in [6.45, 7) is 5.97. The van der Waals surface area contributed by atoms with Gasteiger partial charge in [-0.2, -0.15) is 0 Å². The zero-order valence-corrected chi connectivity index (χ0v) is 18.7. The molecule has 1 fully saturated rings. The number of nitrogens with zero attached hydrogens (tertiary/aromatic N) is 2.